The lowest BCUT2D eigenvalue weighted by Gasteiger charge is -2.08. The van der Waals surface area contributed by atoms with Gasteiger partial charge in [-0.15, -0.1) is 11.3 Å². The minimum Gasteiger partial charge on any atom is -0.383 e. The number of ether oxygens (including phenoxy) is 1. The zero-order chi connectivity index (χ0) is 11.3. The van der Waals surface area contributed by atoms with Crippen molar-refractivity contribution in [3.05, 3.63) is 19.8 Å². The number of methoxy groups -OCH3 is 1. The van der Waals surface area contributed by atoms with Crippen LogP contribution in [0.1, 0.15) is 10.9 Å². The molecule has 0 bridgehead atoms. The molecular weight excluding hydrogens is 300 g/mol. The van der Waals surface area contributed by atoms with Crippen LogP contribution in [0.25, 0.3) is 0 Å². The Morgan fingerprint density at radius 2 is 2.53 bits per heavy atom. The van der Waals surface area contributed by atoms with Crippen molar-refractivity contribution in [2.45, 2.75) is 6.04 Å². The molecular formula is C9H10BrClN2OS. The Morgan fingerprint density at radius 3 is 3.00 bits per heavy atom. The summed E-state index contributed by atoms with van der Waals surface area (Å²) in [5.74, 6) is 0. The second-order valence-corrected chi connectivity index (χ2v) is 5.32. The van der Waals surface area contributed by atoms with E-state index < -0.39 is 0 Å². The number of nitrogens with one attached hydrogen (secondary N) is 1. The summed E-state index contributed by atoms with van der Waals surface area (Å²) in [6, 6.07) is 3.72. The number of nitrogens with zero attached hydrogens (tertiary/aromatic N) is 1. The summed E-state index contributed by atoms with van der Waals surface area (Å²) in [4.78, 5) is 0.908. The van der Waals surface area contributed by atoms with Crippen molar-refractivity contribution in [1.29, 1.82) is 5.26 Å². The molecule has 6 heteroatoms. The molecule has 0 aromatic carbocycles. The largest absolute Gasteiger partial charge is 0.383 e. The molecule has 3 nitrogen and oxygen atoms in total. The van der Waals surface area contributed by atoms with E-state index in [0.29, 0.717) is 17.5 Å². The van der Waals surface area contributed by atoms with Gasteiger partial charge in [0, 0.05) is 23.0 Å². The third-order valence-corrected chi connectivity index (χ3v) is 4.27. The SMILES string of the molecule is COCCNC(C#N)c1cc(Br)c(Cl)s1. The highest BCUT2D eigenvalue weighted by atomic mass is 79.9. The third kappa shape index (κ3) is 3.74. The second-order valence-electron chi connectivity index (χ2n) is 2.78. The zero-order valence-corrected chi connectivity index (χ0v) is 11.2. The minimum atomic E-state index is -0.325. The maximum atomic E-state index is 8.97. The molecule has 1 aromatic rings. The summed E-state index contributed by atoms with van der Waals surface area (Å²) in [7, 11) is 1.63. The highest BCUT2D eigenvalue weighted by Crippen LogP contribution is 2.34. The van der Waals surface area contributed by atoms with E-state index in [4.69, 9.17) is 21.6 Å². The van der Waals surface area contributed by atoms with Gasteiger partial charge in [0.1, 0.15) is 10.4 Å². The van der Waals surface area contributed by atoms with E-state index in [9.17, 15) is 0 Å². The number of hydrogen-bond acceptors (Lipinski definition) is 4. The molecule has 0 radical (unpaired) electrons. The summed E-state index contributed by atoms with van der Waals surface area (Å²) >= 11 is 10.6. The first kappa shape index (κ1) is 12.9. The predicted octanol–water partition coefficient (Wildman–Crippen LogP) is 2.96. The summed E-state index contributed by atoms with van der Waals surface area (Å²) < 4.78 is 6.39. The van der Waals surface area contributed by atoms with Gasteiger partial charge in [-0.1, -0.05) is 11.6 Å². The average Bonchev–Trinajstić information content (AvgIpc) is 2.54. The predicted molar refractivity (Wildman–Crippen MR) is 65.3 cm³/mol. The fourth-order valence-corrected chi connectivity index (χ4v) is 2.78. The smallest absolute Gasteiger partial charge is 0.130 e. The van der Waals surface area contributed by atoms with Gasteiger partial charge < -0.3 is 4.74 Å². The summed E-state index contributed by atoms with van der Waals surface area (Å²) in [6.45, 7) is 1.22. The van der Waals surface area contributed by atoms with Gasteiger partial charge >= 0.3 is 0 Å². The number of halogens is 2. The van der Waals surface area contributed by atoms with Crippen LogP contribution >= 0.6 is 38.9 Å². The summed E-state index contributed by atoms with van der Waals surface area (Å²) in [6.07, 6.45) is 0. The standard InChI is InChI=1S/C9H10BrClN2OS/c1-14-3-2-13-7(5-12)8-4-6(10)9(11)15-8/h4,7,13H,2-3H2,1H3. The zero-order valence-electron chi connectivity index (χ0n) is 8.09. The molecule has 1 rings (SSSR count). The fraction of sp³-hybridized carbons (Fsp3) is 0.444. The molecule has 0 aliphatic heterocycles. The van der Waals surface area contributed by atoms with Gasteiger partial charge in [-0.2, -0.15) is 5.26 Å². The first-order valence-corrected chi connectivity index (χ1v) is 6.24. The average molecular weight is 310 g/mol. The summed E-state index contributed by atoms with van der Waals surface area (Å²) in [5.41, 5.74) is 0. The van der Waals surface area contributed by atoms with Crippen LogP contribution in [0.5, 0.6) is 0 Å². The Balaban J connectivity index is 2.63. The van der Waals surface area contributed by atoms with Gasteiger partial charge in [-0.3, -0.25) is 5.32 Å². The lowest BCUT2D eigenvalue weighted by Crippen LogP contribution is -2.23. The molecule has 15 heavy (non-hydrogen) atoms. The van der Waals surface area contributed by atoms with Crippen molar-refractivity contribution in [3.63, 3.8) is 0 Å². The topological polar surface area (TPSA) is 45.0 Å². The van der Waals surface area contributed by atoms with E-state index in [-0.39, 0.29) is 6.04 Å². The molecule has 1 aromatic heterocycles. The first-order chi connectivity index (χ1) is 7.19. The van der Waals surface area contributed by atoms with Crippen molar-refractivity contribution in [2.75, 3.05) is 20.3 Å². The molecule has 0 saturated heterocycles. The van der Waals surface area contributed by atoms with E-state index >= 15 is 0 Å². The van der Waals surface area contributed by atoms with Crippen LogP contribution in [-0.2, 0) is 4.74 Å². The molecule has 82 valence electrons. The van der Waals surface area contributed by atoms with E-state index in [1.807, 2.05) is 6.07 Å². The molecule has 0 aliphatic carbocycles. The summed E-state index contributed by atoms with van der Waals surface area (Å²) in [5, 5.41) is 12.0. The van der Waals surface area contributed by atoms with Crippen LogP contribution in [0.15, 0.2) is 10.5 Å². The van der Waals surface area contributed by atoms with E-state index in [2.05, 4.69) is 27.3 Å². The quantitative estimate of drug-likeness (QED) is 0.851. The molecule has 0 spiro atoms. The van der Waals surface area contributed by atoms with E-state index in [1.54, 1.807) is 7.11 Å². The highest BCUT2D eigenvalue weighted by molar-refractivity contribution is 9.10. The number of thiophene rings is 1. The Labute approximate surface area is 106 Å². The molecule has 0 saturated carbocycles. The van der Waals surface area contributed by atoms with Gasteiger partial charge in [0.05, 0.1) is 12.7 Å². The maximum Gasteiger partial charge on any atom is 0.130 e. The normalized spacial score (nSPS) is 12.4. The molecule has 0 aliphatic rings. The van der Waals surface area contributed by atoms with Crippen LogP contribution in [0.4, 0.5) is 0 Å². The minimum absolute atomic E-state index is 0.325. The van der Waals surface area contributed by atoms with Crippen molar-refractivity contribution >= 4 is 38.9 Å². The maximum absolute atomic E-state index is 8.97. The van der Waals surface area contributed by atoms with Crippen LogP contribution in [0, 0.1) is 11.3 Å². The van der Waals surface area contributed by atoms with Gasteiger partial charge in [-0.05, 0) is 22.0 Å². The molecule has 0 amide bonds. The Kier molecular flexibility index (Phi) is 5.58. The lowest BCUT2D eigenvalue weighted by molar-refractivity contribution is 0.198. The third-order valence-electron chi connectivity index (χ3n) is 1.73. The van der Waals surface area contributed by atoms with Crippen molar-refractivity contribution < 1.29 is 4.74 Å². The van der Waals surface area contributed by atoms with E-state index in [0.717, 1.165) is 9.35 Å². The van der Waals surface area contributed by atoms with Crippen molar-refractivity contribution in [2.24, 2.45) is 0 Å². The highest BCUT2D eigenvalue weighted by Gasteiger charge is 2.14. The second kappa shape index (κ2) is 6.46. The van der Waals surface area contributed by atoms with E-state index in [1.165, 1.54) is 11.3 Å². The molecule has 1 unspecified atom stereocenters. The Morgan fingerprint density at radius 1 is 1.80 bits per heavy atom. The van der Waals surface area contributed by atoms with Crippen LogP contribution in [0.2, 0.25) is 4.34 Å². The molecule has 0 fully saturated rings. The number of rotatable bonds is 5. The van der Waals surface area contributed by atoms with Gasteiger partial charge in [0.2, 0.25) is 0 Å². The van der Waals surface area contributed by atoms with Gasteiger partial charge in [0.25, 0.3) is 0 Å². The Hall–Kier alpha value is -0.120. The molecule has 1 N–H and O–H groups in total. The number of nitriles is 1. The monoisotopic (exact) mass is 308 g/mol. The lowest BCUT2D eigenvalue weighted by atomic mass is 10.2. The van der Waals surface area contributed by atoms with Gasteiger partial charge in [-0.25, -0.2) is 0 Å². The molecule has 1 atom stereocenters. The Bertz CT molecular complexity index is 344. The molecule has 1 heterocycles. The van der Waals surface area contributed by atoms with Crippen LogP contribution < -0.4 is 5.32 Å². The number of hydrogen-bond donors (Lipinski definition) is 1. The van der Waals surface area contributed by atoms with Crippen molar-refractivity contribution in [3.8, 4) is 6.07 Å². The van der Waals surface area contributed by atoms with Gasteiger partial charge in [0.15, 0.2) is 0 Å². The first-order valence-electron chi connectivity index (χ1n) is 4.25. The van der Waals surface area contributed by atoms with Crippen LogP contribution in [-0.4, -0.2) is 20.3 Å². The van der Waals surface area contributed by atoms with Crippen LogP contribution in [0.3, 0.4) is 0 Å². The fourth-order valence-electron chi connectivity index (χ4n) is 1.02. The van der Waals surface area contributed by atoms with Crippen molar-refractivity contribution in [1.82, 2.24) is 5.32 Å².